The van der Waals surface area contributed by atoms with Gasteiger partial charge in [0, 0.05) is 22.6 Å². The van der Waals surface area contributed by atoms with Gasteiger partial charge in [-0.2, -0.15) is 5.10 Å². The molecule has 3 rings (SSSR count). The lowest BCUT2D eigenvalue weighted by Gasteiger charge is -2.12. The Labute approximate surface area is 145 Å². The molecule has 122 valence electrons. The number of nitrogens with zero attached hydrogens (tertiary/aromatic N) is 2. The van der Waals surface area contributed by atoms with Gasteiger partial charge in [-0.3, -0.25) is 4.79 Å². The zero-order chi connectivity index (χ0) is 17.1. The van der Waals surface area contributed by atoms with Crippen LogP contribution in [0.5, 0.6) is 0 Å². The Bertz CT molecular complexity index is 891. The summed E-state index contributed by atoms with van der Waals surface area (Å²) in [6, 6.07) is 14.0. The monoisotopic (exact) mass is 337 g/mol. The molecule has 5 heteroatoms. The normalized spacial score (nSPS) is 11.1. The van der Waals surface area contributed by atoms with E-state index in [1.165, 1.54) is 16.9 Å². The van der Waals surface area contributed by atoms with Gasteiger partial charge < -0.3 is 4.57 Å². The minimum absolute atomic E-state index is 0.186. The van der Waals surface area contributed by atoms with Gasteiger partial charge in [0.05, 0.1) is 11.1 Å². The molecule has 0 spiro atoms. The lowest BCUT2D eigenvalue weighted by atomic mass is 10.2. The Hall–Kier alpha value is -2.66. The summed E-state index contributed by atoms with van der Waals surface area (Å²) in [4.78, 5) is 12.6. The third kappa shape index (κ3) is 3.16. The third-order valence-corrected chi connectivity index (χ3v) is 4.81. The molecule has 0 aliphatic heterocycles. The molecule has 1 N–H and O–H groups in total. The first kappa shape index (κ1) is 16.2. The van der Waals surface area contributed by atoms with Crippen LogP contribution >= 0.6 is 11.3 Å². The average Bonchev–Trinajstić information content (AvgIpc) is 3.18. The highest BCUT2D eigenvalue weighted by atomic mass is 32.1. The fourth-order valence-corrected chi connectivity index (χ4v) is 3.34. The minimum Gasteiger partial charge on any atom is -0.318 e. The maximum atomic E-state index is 11.9. The molecule has 0 saturated heterocycles. The van der Waals surface area contributed by atoms with Gasteiger partial charge in [0.2, 0.25) is 0 Å². The zero-order valence-electron chi connectivity index (χ0n) is 13.9. The molecule has 1 aromatic carbocycles. The minimum atomic E-state index is -0.186. The quantitative estimate of drug-likeness (QED) is 0.562. The third-order valence-electron chi connectivity index (χ3n) is 3.94. The summed E-state index contributed by atoms with van der Waals surface area (Å²) in [5, 5.41) is 5.97. The highest BCUT2D eigenvalue weighted by molar-refractivity contribution is 7.12. The van der Waals surface area contributed by atoms with E-state index in [9.17, 15) is 4.79 Å². The summed E-state index contributed by atoms with van der Waals surface area (Å²) in [5.41, 5.74) is 8.16. The predicted octanol–water partition coefficient (Wildman–Crippen LogP) is 4.23. The average molecular weight is 337 g/mol. The van der Waals surface area contributed by atoms with Crippen molar-refractivity contribution in [1.82, 2.24) is 9.99 Å². The van der Waals surface area contributed by atoms with E-state index in [2.05, 4.69) is 54.1 Å². The van der Waals surface area contributed by atoms with Crippen molar-refractivity contribution in [1.29, 1.82) is 0 Å². The van der Waals surface area contributed by atoms with E-state index in [0.717, 1.165) is 22.6 Å². The molecule has 0 unspecified atom stereocenters. The highest BCUT2D eigenvalue weighted by Crippen LogP contribution is 2.22. The van der Waals surface area contributed by atoms with Crippen LogP contribution in [0.1, 0.15) is 32.2 Å². The SMILES string of the molecule is Cc1ccccc1-n1c(C)cc(/C=N\NC(=O)c2cccs2)c1C. The zero-order valence-corrected chi connectivity index (χ0v) is 14.7. The number of thiophene rings is 1. The van der Waals surface area contributed by atoms with Crippen molar-refractivity contribution in [3.05, 3.63) is 75.2 Å². The van der Waals surface area contributed by atoms with Gasteiger partial charge in [-0.05, 0) is 49.9 Å². The standard InChI is InChI=1S/C19H19N3OS/c1-13-7-4-5-8-17(13)22-14(2)11-16(15(22)3)12-20-21-19(23)18-9-6-10-24-18/h4-12H,1-3H3,(H,21,23)/b20-12-. The topological polar surface area (TPSA) is 46.4 Å². The summed E-state index contributed by atoms with van der Waals surface area (Å²) >= 11 is 1.40. The number of rotatable bonds is 4. The molecule has 0 radical (unpaired) electrons. The van der Waals surface area contributed by atoms with Gasteiger partial charge in [-0.15, -0.1) is 11.3 Å². The molecule has 2 aromatic heterocycles. The van der Waals surface area contributed by atoms with Crippen LogP contribution < -0.4 is 5.43 Å². The Morgan fingerprint density at radius 2 is 1.96 bits per heavy atom. The molecular formula is C19H19N3OS. The van der Waals surface area contributed by atoms with E-state index in [1.807, 2.05) is 23.6 Å². The van der Waals surface area contributed by atoms with Crippen molar-refractivity contribution in [3.8, 4) is 5.69 Å². The molecule has 0 atom stereocenters. The van der Waals surface area contributed by atoms with Crippen molar-refractivity contribution in [2.75, 3.05) is 0 Å². The van der Waals surface area contributed by atoms with E-state index < -0.39 is 0 Å². The van der Waals surface area contributed by atoms with Gasteiger partial charge >= 0.3 is 0 Å². The van der Waals surface area contributed by atoms with E-state index in [-0.39, 0.29) is 5.91 Å². The largest absolute Gasteiger partial charge is 0.318 e. The van der Waals surface area contributed by atoms with Crippen molar-refractivity contribution in [2.24, 2.45) is 5.10 Å². The first-order valence-electron chi connectivity index (χ1n) is 7.70. The van der Waals surface area contributed by atoms with Crippen molar-refractivity contribution < 1.29 is 4.79 Å². The smallest absolute Gasteiger partial charge is 0.281 e. The van der Waals surface area contributed by atoms with Crippen LogP contribution in [0, 0.1) is 20.8 Å². The number of aromatic nitrogens is 1. The summed E-state index contributed by atoms with van der Waals surface area (Å²) in [6.45, 7) is 6.23. The number of hydrazone groups is 1. The van der Waals surface area contributed by atoms with Gasteiger partial charge in [0.15, 0.2) is 0 Å². The van der Waals surface area contributed by atoms with Gasteiger partial charge in [-0.25, -0.2) is 5.43 Å². The molecule has 4 nitrogen and oxygen atoms in total. The summed E-state index contributed by atoms with van der Waals surface area (Å²) in [5.74, 6) is -0.186. The van der Waals surface area contributed by atoms with E-state index in [0.29, 0.717) is 4.88 Å². The molecule has 0 bridgehead atoms. The molecule has 2 heterocycles. The van der Waals surface area contributed by atoms with Gasteiger partial charge in [0.25, 0.3) is 5.91 Å². The Balaban J connectivity index is 1.83. The number of nitrogens with one attached hydrogen (secondary N) is 1. The van der Waals surface area contributed by atoms with Gasteiger partial charge in [-0.1, -0.05) is 24.3 Å². The van der Waals surface area contributed by atoms with E-state index in [4.69, 9.17) is 0 Å². The first-order chi connectivity index (χ1) is 11.6. The van der Waals surface area contributed by atoms with Crippen LogP contribution in [0.15, 0.2) is 52.9 Å². The number of carbonyl (C=O) groups is 1. The van der Waals surface area contributed by atoms with E-state index >= 15 is 0 Å². The first-order valence-corrected chi connectivity index (χ1v) is 8.57. The van der Waals surface area contributed by atoms with Crippen LogP contribution in [0.3, 0.4) is 0 Å². The number of hydrogen-bond donors (Lipinski definition) is 1. The number of carbonyl (C=O) groups excluding carboxylic acids is 1. The molecule has 1 amide bonds. The maximum Gasteiger partial charge on any atom is 0.281 e. The highest BCUT2D eigenvalue weighted by Gasteiger charge is 2.11. The van der Waals surface area contributed by atoms with Crippen molar-refractivity contribution in [2.45, 2.75) is 20.8 Å². The molecular weight excluding hydrogens is 318 g/mol. The second-order valence-corrected chi connectivity index (χ2v) is 6.57. The fourth-order valence-electron chi connectivity index (χ4n) is 2.73. The summed E-state index contributed by atoms with van der Waals surface area (Å²) in [6.07, 6.45) is 1.70. The number of para-hydroxylation sites is 1. The Kier molecular flexibility index (Phi) is 4.62. The molecule has 0 fully saturated rings. The van der Waals surface area contributed by atoms with Crippen molar-refractivity contribution >= 4 is 23.5 Å². The maximum absolute atomic E-state index is 11.9. The summed E-state index contributed by atoms with van der Waals surface area (Å²) < 4.78 is 2.21. The molecule has 0 aliphatic rings. The predicted molar refractivity (Wildman–Crippen MR) is 99.4 cm³/mol. The van der Waals surface area contributed by atoms with Crippen LogP contribution in [-0.2, 0) is 0 Å². The molecule has 24 heavy (non-hydrogen) atoms. The lowest BCUT2D eigenvalue weighted by Crippen LogP contribution is -2.16. The number of aryl methyl sites for hydroxylation is 2. The van der Waals surface area contributed by atoms with Crippen LogP contribution in [0.25, 0.3) is 5.69 Å². The second kappa shape index (κ2) is 6.84. The van der Waals surface area contributed by atoms with Crippen LogP contribution in [0.4, 0.5) is 0 Å². The van der Waals surface area contributed by atoms with Crippen LogP contribution in [0.2, 0.25) is 0 Å². The second-order valence-electron chi connectivity index (χ2n) is 5.62. The summed E-state index contributed by atoms with van der Waals surface area (Å²) in [7, 11) is 0. The molecule has 0 aliphatic carbocycles. The number of hydrogen-bond acceptors (Lipinski definition) is 3. The Morgan fingerprint density at radius 3 is 2.67 bits per heavy atom. The lowest BCUT2D eigenvalue weighted by molar-refractivity contribution is 0.0959. The van der Waals surface area contributed by atoms with Crippen molar-refractivity contribution in [3.63, 3.8) is 0 Å². The van der Waals surface area contributed by atoms with Crippen LogP contribution in [-0.4, -0.2) is 16.7 Å². The number of amides is 1. The number of benzene rings is 1. The van der Waals surface area contributed by atoms with Gasteiger partial charge in [0.1, 0.15) is 0 Å². The molecule has 0 saturated carbocycles. The fraction of sp³-hybridized carbons (Fsp3) is 0.158. The Morgan fingerprint density at radius 1 is 1.17 bits per heavy atom. The van der Waals surface area contributed by atoms with E-state index in [1.54, 1.807) is 12.3 Å². The molecule has 3 aromatic rings.